The van der Waals surface area contributed by atoms with E-state index in [1.54, 1.807) is 17.0 Å². The molecule has 1 aromatic rings. The van der Waals surface area contributed by atoms with E-state index in [1.165, 1.54) is 18.9 Å². The Labute approximate surface area is 197 Å². The van der Waals surface area contributed by atoms with Crippen LogP contribution in [0, 0.1) is 5.82 Å². The molecule has 0 aromatic heterocycles. The van der Waals surface area contributed by atoms with Crippen LogP contribution in [-0.4, -0.2) is 103 Å². The predicted octanol–water partition coefficient (Wildman–Crippen LogP) is 3.34. The van der Waals surface area contributed by atoms with Crippen LogP contribution in [0.1, 0.15) is 50.4 Å². The van der Waals surface area contributed by atoms with Crippen molar-refractivity contribution in [3.8, 4) is 5.75 Å². The highest BCUT2D eigenvalue weighted by molar-refractivity contribution is 5.97. The Morgan fingerprint density at radius 3 is 2.45 bits per heavy atom. The van der Waals surface area contributed by atoms with Crippen molar-refractivity contribution in [2.24, 2.45) is 0 Å². The van der Waals surface area contributed by atoms with Crippen molar-refractivity contribution < 1.29 is 18.7 Å². The van der Waals surface area contributed by atoms with Gasteiger partial charge in [-0.15, -0.1) is 0 Å². The number of hydrogen-bond donors (Lipinski definition) is 0. The van der Waals surface area contributed by atoms with Crippen molar-refractivity contribution in [3.05, 3.63) is 29.6 Å². The summed E-state index contributed by atoms with van der Waals surface area (Å²) in [5, 5.41) is 0. The maximum atomic E-state index is 14.5. The molecule has 184 valence electrons. The number of halogens is 1. The van der Waals surface area contributed by atoms with Gasteiger partial charge in [0.2, 0.25) is 0 Å². The Morgan fingerprint density at radius 2 is 1.85 bits per heavy atom. The summed E-state index contributed by atoms with van der Waals surface area (Å²) in [6.45, 7) is 12.8. The highest BCUT2D eigenvalue weighted by Crippen LogP contribution is 2.20. The van der Waals surface area contributed by atoms with Gasteiger partial charge in [0.15, 0.2) is 17.3 Å². The molecule has 0 spiro atoms. The normalized spacial score (nSPS) is 19.6. The molecule has 0 radical (unpaired) electrons. The van der Waals surface area contributed by atoms with Gasteiger partial charge in [-0.2, -0.15) is 0 Å². The summed E-state index contributed by atoms with van der Waals surface area (Å²) in [6.07, 6.45) is 3.35. The van der Waals surface area contributed by atoms with Crippen LogP contribution in [0.3, 0.4) is 0 Å². The molecule has 1 atom stereocenters. The molecule has 3 rings (SSSR count). The molecule has 2 amide bonds. The number of rotatable bonds is 10. The van der Waals surface area contributed by atoms with Crippen LogP contribution in [0.2, 0.25) is 0 Å². The van der Waals surface area contributed by atoms with Crippen LogP contribution in [-0.2, 0) is 0 Å². The van der Waals surface area contributed by atoms with Crippen LogP contribution in [0.5, 0.6) is 5.75 Å². The minimum Gasteiger partial charge on any atom is -0.490 e. The van der Waals surface area contributed by atoms with Gasteiger partial charge in [0.1, 0.15) is 0 Å². The number of benzene rings is 1. The van der Waals surface area contributed by atoms with Crippen molar-refractivity contribution in [3.63, 3.8) is 0 Å². The van der Waals surface area contributed by atoms with E-state index in [9.17, 15) is 14.0 Å². The molecule has 0 saturated carbocycles. The van der Waals surface area contributed by atoms with Crippen LogP contribution < -0.4 is 4.74 Å². The van der Waals surface area contributed by atoms with E-state index in [0.29, 0.717) is 57.5 Å². The van der Waals surface area contributed by atoms with Gasteiger partial charge in [-0.25, -0.2) is 9.18 Å². The lowest BCUT2D eigenvalue weighted by atomic mass is 10.1. The standard InChI is InChI=1S/C25H39FN4O3/c1-4-28(5-2)25(32)30-15-13-27(14-16-30)19-23(31)21-9-10-24(22(26)18-21)33-17-7-12-29-11-6-8-20(29)3/h9-10,18,20H,4-8,11-17,19H2,1-3H3/t20-/m1/s1. The van der Waals surface area contributed by atoms with Gasteiger partial charge in [0.05, 0.1) is 13.2 Å². The molecule has 0 aliphatic carbocycles. The Bertz CT molecular complexity index is 794. The molecule has 7 nitrogen and oxygen atoms in total. The molecule has 2 aliphatic heterocycles. The van der Waals surface area contributed by atoms with Crippen molar-refractivity contribution >= 4 is 11.8 Å². The molecular formula is C25H39FN4O3. The van der Waals surface area contributed by atoms with Crippen LogP contribution in [0.25, 0.3) is 0 Å². The highest BCUT2D eigenvalue weighted by Gasteiger charge is 2.25. The molecule has 2 heterocycles. The van der Waals surface area contributed by atoms with E-state index in [-0.39, 0.29) is 24.1 Å². The van der Waals surface area contributed by atoms with Gasteiger partial charge >= 0.3 is 6.03 Å². The SMILES string of the molecule is CCN(CC)C(=O)N1CCN(CC(=O)c2ccc(OCCCN3CCC[C@H]3C)c(F)c2)CC1. The smallest absolute Gasteiger partial charge is 0.320 e. The Kier molecular flexibility index (Phi) is 9.50. The third-order valence-corrected chi connectivity index (χ3v) is 6.84. The third-order valence-electron chi connectivity index (χ3n) is 6.84. The fraction of sp³-hybridized carbons (Fsp3) is 0.680. The van der Waals surface area contributed by atoms with E-state index in [1.807, 2.05) is 23.6 Å². The molecular weight excluding hydrogens is 423 g/mol. The van der Waals surface area contributed by atoms with E-state index < -0.39 is 5.82 Å². The second kappa shape index (κ2) is 12.3. The molecule has 1 aromatic carbocycles. The first kappa shape index (κ1) is 25.4. The first-order valence-electron chi connectivity index (χ1n) is 12.4. The first-order valence-corrected chi connectivity index (χ1v) is 12.4. The largest absolute Gasteiger partial charge is 0.490 e. The first-order chi connectivity index (χ1) is 15.9. The second-order valence-electron chi connectivity index (χ2n) is 9.02. The zero-order valence-electron chi connectivity index (χ0n) is 20.4. The van der Waals surface area contributed by atoms with Crippen LogP contribution >= 0.6 is 0 Å². The molecule has 2 fully saturated rings. The third kappa shape index (κ3) is 6.90. The average Bonchev–Trinajstić information content (AvgIpc) is 3.23. The number of amides is 2. The van der Waals surface area contributed by atoms with E-state index >= 15 is 0 Å². The Morgan fingerprint density at radius 1 is 1.12 bits per heavy atom. The fourth-order valence-electron chi connectivity index (χ4n) is 4.65. The maximum Gasteiger partial charge on any atom is 0.320 e. The molecule has 2 aliphatic rings. The lowest BCUT2D eigenvalue weighted by Crippen LogP contribution is -2.53. The van der Waals surface area contributed by atoms with Crippen molar-refractivity contribution in [1.82, 2.24) is 19.6 Å². The average molecular weight is 463 g/mol. The molecule has 0 bridgehead atoms. The molecule has 33 heavy (non-hydrogen) atoms. The number of piperazine rings is 1. The van der Waals surface area contributed by atoms with Gasteiger partial charge < -0.3 is 19.4 Å². The fourth-order valence-corrected chi connectivity index (χ4v) is 4.65. The van der Waals surface area contributed by atoms with Gasteiger partial charge in [-0.05, 0) is 64.8 Å². The Balaban J connectivity index is 1.42. The Hall–Kier alpha value is -2.19. The number of hydrogen-bond acceptors (Lipinski definition) is 5. The summed E-state index contributed by atoms with van der Waals surface area (Å²) in [7, 11) is 0. The predicted molar refractivity (Wildman–Crippen MR) is 127 cm³/mol. The number of ketones is 1. The zero-order chi connectivity index (χ0) is 23.8. The van der Waals surface area contributed by atoms with E-state index in [0.717, 1.165) is 19.5 Å². The lowest BCUT2D eigenvalue weighted by Gasteiger charge is -2.36. The number of carbonyl (C=O) groups excluding carboxylic acids is 2. The van der Waals surface area contributed by atoms with Crippen molar-refractivity contribution in [2.75, 3.05) is 65.5 Å². The molecule has 0 N–H and O–H groups in total. The quantitative estimate of drug-likeness (QED) is 0.394. The highest BCUT2D eigenvalue weighted by atomic mass is 19.1. The van der Waals surface area contributed by atoms with Gasteiger partial charge in [0, 0.05) is 57.4 Å². The number of urea groups is 1. The zero-order valence-corrected chi connectivity index (χ0v) is 20.4. The minimum absolute atomic E-state index is 0.0542. The summed E-state index contributed by atoms with van der Waals surface area (Å²) < 4.78 is 20.1. The lowest BCUT2D eigenvalue weighted by molar-refractivity contribution is 0.0853. The van der Waals surface area contributed by atoms with E-state index in [4.69, 9.17) is 4.74 Å². The molecule has 8 heteroatoms. The molecule has 0 unspecified atom stereocenters. The van der Waals surface area contributed by atoms with Crippen molar-refractivity contribution in [1.29, 1.82) is 0 Å². The van der Waals surface area contributed by atoms with E-state index in [2.05, 4.69) is 11.8 Å². The summed E-state index contributed by atoms with van der Waals surface area (Å²) in [5.74, 6) is -0.415. The van der Waals surface area contributed by atoms with Crippen molar-refractivity contribution in [2.45, 2.75) is 46.1 Å². The van der Waals surface area contributed by atoms with Gasteiger partial charge in [-0.1, -0.05) is 0 Å². The number of Topliss-reactive ketones (excluding diaryl/α,β-unsaturated/α-hetero) is 1. The minimum atomic E-state index is -0.495. The number of carbonyl (C=O) groups is 2. The monoisotopic (exact) mass is 462 g/mol. The number of nitrogens with zero attached hydrogens (tertiary/aromatic N) is 4. The number of likely N-dealkylation sites (tertiary alicyclic amines) is 1. The maximum absolute atomic E-state index is 14.5. The summed E-state index contributed by atoms with van der Waals surface area (Å²) in [6, 6.07) is 5.15. The van der Waals surface area contributed by atoms with Crippen LogP contribution in [0.15, 0.2) is 18.2 Å². The summed E-state index contributed by atoms with van der Waals surface area (Å²) in [4.78, 5) is 33.3. The summed E-state index contributed by atoms with van der Waals surface area (Å²) >= 11 is 0. The summed E-state index contributed by atoms with van der Waals surface area (Å²) in [5.41, 5.74) is 0.354. The molecule has 2 saturated heterocycles. The second-order valence-corrected chi connectivity index (χ2v) is 9.02. The van der Waals surface area contributed by atoms with Gasteiger partial charge in [0.25, 0.3) is 0 Å². The van der Waals surface area contributed by atoms with Crippen LogP contribution in [0.4, 0.5) is 9.18 Å². The number of ether oxygens (including phenoxy) is 1. The topological polar surface area (TPSA) is 56.3 Å². The van der Waals surface area contributed by atoms with Gasteiger partial charge in [-0.3, -0.25) is 9.69 Å².